The van der Waals surface area contributed by atoms with Crippen LogP contribution in [-0.4, -0.2) is 21.2 Å². The first-order chi connectivity index (χ1) is 11.5. The van der Waals surface area contributed by atoms with Gasteiger partial charge in [0.25, 0.3) is 5.56 Å². The second kappa shape index (κ2) is 6.31. The number of nitrogens with zero attached hydrogens (tertiary/aromatic N) is 3. The van der Waals surface area contributed by atoms with E-state index in [0.717, 1.165) is 17.0 Å². The normalized spacial score (nSPS) is 10.8. The van der Waals surface area contributed by atoms with Crippen LogP contribution < -0.4 is 10.3 Å². The first-order valence-electron chi connectivity index (χ1n) is 7.51. The molecule has 0 fully saturated rings. The SMILES string of the molecule is COc1ccc(Cn2ccnc2-c2cc(C)c(=O)n(C)c2)cc1F. The monoisotopic (exact) mass is 327 g/mol. The van der Waals surface area contributed by atoms with Crippen LogP contribution in [0.5, 0.6) is 5.75 Å². The molecule has 2 aromatic heterocycles. The van der Waals surface area contributed by atoms with Gasteiger partial charge in [0.1, 0.15) is 5.82 Å². The third kappa shape index (κ3) is 2.95. The molecule has 3 rings (SSSR count). The van der Waals surface area contributed by atoms with Crippen LogP contribution in [0, 0.1) is 12.7 Å². The number of halogens is 1. The van der Waals surface area contributed by atoms with Crippen molar-refractivity contribution in [3.05, 3.63) is 70.2 Å². The van der Waals surface area contributed by atoms with Crippen LogP contribution in [-0.2, 0) is 13.6 Å². The predicted octanol–water partition coefficient (Wildman–Crippen LogP) is 2.75. The second-order valence-electron chi connectivity index (χ2n) is 5.68. The van der Waals surface area contributed by atoms with Gasteiger partial charge in [0.05, 0.1) is 7.11 Å². The molecule has 24 heavy (non-hydrogen) atoms. The van der Waals surface area contributed by atoms with Crippen molar-refractivity contribution in [2.75, 3.05) is 7.11 Å². The highest BCUT2D eigenvalue weighted by Gasteiger charge is 2.11. The lowest BCUT2D eigenvalue weighted by atomic mass is 10.2. The number of methoxy groups -OCH3 is 1. The van der Waals surface area contributed by atoms with E-state index >= 15 is 0 Å². The number of benzene rings is 1. The van der Waals surface area contributed by atoms with Crippen molar-refractivity contribution in [2.45, 2.75) is 13.5 Å². The molecule has 0 bridgehead atoms. The van der Waals surface area contributed by atoms with E-state index in [9.17, 15) is 9.18 Å². The van der Waals surface area contributed by atoms with Crippen molar-refractivity contribution in [2.24, 2.45) is 7.05 Å². The Morgan fingerprint density at radius 1 is 1.29 bits per heavy atom. The molecule has 0 aliphatic carbocycles. The minimum Gasteiger partial charge on any atom is -0.494 e. The van der Waals surface area contributed by atoms with Gasteiger partial charge in [0.2, 0.25) is 0 Å². The molecular formula is C18H18FN3O2. The Morgan fingerprint density at radius 2 is 2.08 bits per heavy atom. The smallest absolute Gasteiger partial charge is 0.253 e. The summed E-state index contributed by atoms with van der Waals surface area (Å²) in [5.41, 5.74) is 2.26. The fourth-order valence-corrected chi connectivity index (χ4v) is 2.70. The number of aryl methyl sites for hydroxylation is 2. The highest BCUT2D eigenvalue weighted by molar-refractivity contribution is 5.55. The average molecular weight is 327 g/mol. The molecule has 0 unspecified atom stereocenters. The van der Waals surface area contributed by atoms with E-state index < -0.39 is 5.82 Å². The third-order valence-corrected chi connectivity index (χ3v) is 3.91. The minimum absolute atomic E-state index is 0.0333. The molecule has 0 atom stereocenters. The third-order valence-electron chi connectivity index (χ3n) is 3.91. The summed E-state index contributed by atoms with van der Waals surface area (Å²) < 4.78 is 22.3. The molecule has 0 saturated heterocycles. The van der Waals surface area contributed by atoms with Crippen molar-refractivity contribution >= 4 is 0 Å². The standard InChI is InChI=1S/C18H18FN3O2/c1-12-8-14(11-21(2)18(12)23)17-20-6-7-22(17)10-13-4-5-16(24-3)15(19)9-13/h4-9,11H,10H2,1-3H3. The summed E-state index contributed by atoms with van der Waals surface area (Å²) in [6, 6.07) is 6.69. The first-order valence-corrected chi connectivity index (χ1v) is 7.51. The van der Waals surface area contributed by atoms with E-state index in [-0.39, 0.29) is 11.3 Å². The fraction of sp³-hybridized carbons (Fsp3) is 0.222. The van der Waals surface area contributed by atoms with Gasteiger partial charge in [-0.05, 0) is 30.7 Å². The largest absolute Gasteiger partial charge is 0.494 e. The Balaban J connectivity index is 1.97. The Hall–Kier alpha value is -2.89. The average Bonchev–Trinajstić information content (AvgIpc) is 3.00. The van der Waals surface area contributed by atoms with E-state index in [4.69, 9.17) is 4.74 Å². The molecule has 6 heteroatoms. The molecule has 0 spiro atoms. The lowest BCUT2D eigenvalue weighted by Crippen LogP contribution is -2.18. The van der Waals surface area contributed by atoms with Crippen LogP contribution in [0.4, 0.5) is 4.39 Å². The summed E-state index contributed by atoms with van der Waals surface area (Å²) in [4.78, 5) is 16.2. The van der Waals surface area contributed by atoms with Crippen LogP contribution in [0.2, 0.25) is 0 Å². The fourth-order valence-electron chi connectivity index (χ4n) is 2.70. The number of hydrogen-bond acceptors (Lipinski definition) is 3. The molecule has 124 valence electrons. The zero-order valence-electron chi connectivity index (χ0n) is 13.8. The summed E-state index contributed by atoms with van der Waals surface area (Å²) in [5, 5.41) is 0. The van der Waals surface area contributed by atoms with E-state index in [2.05, 4.69) is 4.98 Å². The van der Waals surface area contributed by atoms with Gasteiger partial charge >= 0.3 is 0 Å². The van der Waals surface area contributed by atoms with Gasteiger partial charge in [-0.2, -0.15) is 0 Å². The summed E-state index contributed by atoms with van der Waals surface area (Å²) in [7, 11) is 3.15. The van der Waals surface area contributed by atoms with Gasteiger partial charge in [0, 0.05) is 43.3 Å². The van der Waals surface area contributed by atoms with Crippen molar-refractivity contribution in [1.82, 2.24) is 14.1 Å². The Kier molecular flexibility index (Phi) is 4.20. The molecule has 0 N–H and O–H groups in total. The quantitative estimate of drug-likeness (QED) is 0.740. The highest BCUT2D eigenvalue weighted by Crippen LogP contribution is 2.21. The van der Waals surface area contributed by atoms with E-state index in [1.165, 1.54) is 17.7 Å². The van der Waals surface area contributed by atoms with E-state index in [1.54, 1.807) is 32.4 Å². The molecule has 0 amide bonds. The number of rotatable bonds is 4. The van der Waals surface area contributed by atoms with Gasteiger partial charge in [-0.1, -0.05) is 6.07 Å². The van der Waals surface area contributed by atoms with Gasteiger partial charge in [-0.15, -0.1) is 0 Å². The summed E-state index contributed by atoms with van der Waals surface area (Å²) in [6.07, 6.45) is 5.27. The van der Waals surface area contributed by atoms with Crippen molar-refractivity contribution in [1.29, 1.82) is 0 Å². The van der Waals surface area contributed by atoms with Gasteiger partial charge in [0.15, 0.2) is 11.6 Å². The van der Waals surface area contributed by atoms with Crippen LogP contribution in [0.1, 0.15) is 11.1 Å². The lowest BCUT2D eigenvalue weighted by molar-refractivity contribution is 0.386. The molecule has 0 radical (unpaired) electrons. The zero-order chi connectivity index (χ0) is 17.3. The summed E-state index contributed by atoms with van der Waals surface area (Å²) >= 11 is 0. The van der Waals surface area contributed by atoms with Crippen LogP contribution in [0.25, 0.3) is 11.4 Å². The van der Waals surface area contributed by atoms with Gasteiger partial charge in [-0.25, -0.2) is 9.37 Å². The number of ether oxygens (including phenoxy) is 1. The van der Waals surface area contributed by atoms with Crippen LogP contribution >= 0.6 is 0 Å². The van der Waals surface area contributed by atoms with Crippen LogP contribution in [0.15, 0.2) is 47.7 Å². The predicted molar refractivity (Wildman–Crippen MR) is 89.7 cm³/mol. The first kappa shape index (κ1) is 16.0. The Bertz CT molecular complexity index is 917. The molecule has 0 saturated carbocycles. The molecular weight excluding hydrogens is 309 g/mol. The molecule has 5 nitrogen and oxygen atoms in total. The second-order valence-corrected chi connectivity index (χ2v) is 5.68. The summed E-state index contributed by atoms with van der Waals surface area (Å²) in [6.45, 7) is 2.25. The van der Waals surface area contributed by atoms with E-state index in [1.807, 2.05) is 22.9 Å². The van der Waals surface area contributed by atoms with E-state index in [0.29, 0.717) is 12.1 Å². The topological polar surface area (TPSA) is 49.1 Å². The van der Waals surface area contributed by atoms with Crippen LogP contribution in [0.3, 0.4) is 0 Å². The van der Waals surface area contributed by atoms with Gasteiger partial charge < -0.3 is 13.9 Å². The molecule has 3 aromatic rings. The molecule has 0 aliphatic rings. The van der Waals surface area contributed by atoms with Crippen molar-refractivity contribution in [3.8, 4) is 17.1 Å². The maximum absolute atomic E-state index is 13.9. The number of hydrogen-bond donors (Lipinski definition) is 0. The minimum atomic E-state index is -0.394. The number of pyridine rings is 1. The Labute approximate surface area is 139 Å². The Morgan fingerprint density at radius 3 is 2.75 bits per heavy atom. The van der Waals surface area contributed by atoms with Crippen molar-refractivity contribution < 1.29 is 9.13 Å². The van der Waals surface area contributed by atoms with Crippen molar-refractivity contribution in [3.63, 3.8) is 0 Å². The maximum atomic E-state index is 13.9. The van der Waals surface area contributed by atoms with Gasteiger partial charge in [-0.3, -0.25) is 4.79 Å². The number of imidazole rings is 1. The molecule has 1 aromatic carbocycles. The molecule has 0 aliphatic heterocycles. The molecule has 2 heterocycles. The number of aromatic nitrogens is 3. The lowest BCUT2D eigenvalue weighted by Gasteiger charge is -2.11. The zero-order valence-corrected chi connectivity index (χ0v) is 13.8. The maximum Gasteiger partial charge on any atom is 0.253 e. The summed E-state index contributed by atoms with van der Waals surface area (Å²) in [5.74, 6) is 0.554. The highest BCUT2D eigenvalue weighted by atomic mass is 19.1.